The van der Waals surface area contributed by atoms with Crippen LogP contribution in [-0.4, -0.2) is 23.1 Å². The van der Waals surface area contributed by atoms with E-state index >= 15 is 0 Å². The van der Waals surface area contributed by atoms with Gasteiger partial charge in [0, 0.05) is 22.5 Å². The van der Waals surface area contributed by atoms with Gasteiger partial charge < -0.3 is 15.0 Å². The van der Waals surface area contributed by atoms with Gasteiger partial charge in [-0.1, -0.05) is 53.5 Å². The van der Waals surface area contributed by atoms with Crippen molar-refractivity contribution in [3.63, 3.8) is 0 Å². The number of ether oxygens (including phenoxy) is 1. The molecule has 28 heavy (non-hydrogen) atoms. The van der Waals surface area contributed by atoms with Crippen LogP contribution in [0.25, 0.3) is 17.0 Å². The Labute approximate surface area is 172 Å². The van der Waals surface area contributed by atoms with E-state index in [1.165, 1.54) is 6.08 Å². The first-order chi connectivity index (χ1) is 13.4. The van der Waals surface area contributed by atoms with Crippen molar-refractivity contribution in [2.75, 3.05) is 6.61 Å². The number of amides is 1. The Kier molecular flexibility index (Phi) is 6.07. The van der Waals surface area contributed by atoms with Crippen LogP contribution in [0.3, 0.4) is 0 Å². The van der Waals surface area contributed by atoms with Gasteiger partial charge in [0.05, 0.1) is 12.1 Å². The number of primary amides is 1. The highest BCUT2D eigenvalue weighted by atomic mass is 35.5. The molecule has 0 fully saturated rings. The molecule has 0 saturated heterocycles. The fourth-order valence-corrected chi connectivity index (χ4v) is 3.38. The number of fused-ring (bicyclic) bond motifs is 1. The van der Waals surface area contributed by atoms with Gasteiger partial charge in [-0.25, -0.2) is 4.79 Å². The molecular weight excluding hydrogens is 399 g/mol. The van der Waals surface area contributed by atoms with E-state index in [-0.39, 0.29) is 12.2 Å². The topological polar surface area (TPSA) is 74.3 Å². The monoisotopic (exact) mass is 416 g/mol. The third-order valence-corrected chi connectivity index (χ3v) is 4.91. The summed E-state index contributed by atoms with van der Waals surface area (Å²) in [5, 5.41) is 1.83. The smallest absolute Gasteiger partial charge is 0.343 e. The summed E-state index contributed by atoms with van der Waals surface area (Å²) in [5.74, 6) is -1.65. The molecule has 1 amide bonds. The van der Waals surface area contributed by atoms with Crippen LogP contribution in [-0.2, 0) is 20.9 Å². The predicted octanol–water partition coefficient (Wildman–Crippen LogP) is 4.43. The van der Waals surface area contributed by atoms with Crippen molar-refractivity contribution in [1.29, 1.82) is 0 Å². The van der Waals surface area contributed by atoms with Gasteiger partial charge in [0.25, 0.3) is 5.91 Å². The highest BCUT2D eigenvalue weighted by Gasteiger charge is 2.21. The maximum absolute atomic E-state index is 12.1. The summed E-state index contributed by atoms with van der Waals surface area (Å²) in [5.41, 5.74) is 7.53. The lowest BCUT2D eigenvalue weighted by atomic mass is 10.1. The largest absolute Gasteiger partial charge is 0.462 e. The first kappa shape index (κ1) is 20.0. The average Bonchev–Trinajstić information content (AvgIpc) is 2.93. The van der Waals surface area contributed by atoms with Crippen molar-refractivity contribution < 1.29 is 14.3 Å². The van der Waals surface area contributed by atoms with Gasteiger partial charge in [-0.3, -0.25) is 4.79 Å². The number of carbonyl (C=O) groups is 2. The number of carbonyl (C=O) groups excluding carboxylic acids is 2. The van der Waals surface area contributed by atoms with E-state index in [1.54, 1.807) is 6.92 Å². The minimum atomic E-state index is -0.871. The molecule has 0 atom stereocenters. The van der Waals surface area contributed by atoms with E-state index in [0.717, 1.165) is 16.5 Å². The van der Waals surface area contributed by atoms with Crippen molar-refractivity contribution >= 4 is 52.1 Å². The van der Waals surface area contributed by atoms with Crippen LogP contribution >= 0.6 is 23.2 Å². The van der Waals surface area contributed by atoms with E-state index in [4.69, 9.17) is 33.7 Å². The number of para-hydroxylation sites is 1. The maximum atomic E-state index is 12.1. The van der Waals surface area contributed by atoms with Crippen LogP contribution in [0.2, 0.25) is 10.2 Å². The molecule has 7 heteroatoms. The molecule has 0 aliphatic carbocycles. The van der Waals surface area contributed by atoms with Gasteiger partial charge >= 0.3 is 5.97 Å². The molecule has 3 rings (SSSR count). The molecule has 5 nitrogen and oxygen atoms in total. The van der Waals surface area contributed by atoms with Crippen molar-refractivity contribution in [3.05, 3.63) is 75.4 Å². The van der Waals surface area contributed by atoms with E-state index in [0.29, 0.717) is 22.3 Å². The molecule has 0 bridgehead atoms. The number of nitrogens with zero attached hydrogens (tertiary/aromatic N) is 1. The molecular formula is C21H18Cl2N2O3. The summed E-state index contributed by atoms with van der Waals surface area (Å²) in [4.78, 5) is 23.9. The zero-order chi connectivity index (χ0) is 20.3. The Morgan fingerprint density at radius 1 is 1.11 bits per heavy atom. The van der Waals surface area contributed by atoms with Gasteiger partial charge in [0.2, 0.25) is 0 Å². The first-order valence-corrected chi connectivity index (χ1v) is 9.37. The molecule has 144 valence electrons. The molecule has 1 heterocycles. The number of nitrogens with two attached hydrogens (primary N) is 1. The first-order valence-electron chi connectivity index (χ1n) is 8.62. The summed E-state index contributed by atoms with van der Waals surface area (Å²) >= 11 is 12.6. The Bertz CT molecular complexity index is 1070. The van der Waals surface area contributed by atoms with Crippen LogP contribution in [0.5, 0.6) is 0 Å². The number of rotatable bonds is 6. The zero-order valence-electron chi connectivity index (χ0n) is 15.1. The third-order valence-electron chi connectivity index (χ3n) is 4.25. The molecule has 0 unspecified atom stereocenters. The highest BCUT2D eigenvalue weighted by Crippen LogP contribution is 2.33. The van der Waals surface area contributed by atoms with E-state index < -0.39 is 11.9 Å². The lowest BCUT2D eigenvalue weighted by molar-refractivity contribution is -0.139. The Balaban J connectivity index is 2.14. The number of hydrogen-bond donors (Lipinski definition) is 1. The minimum Gasteiger partial charge on any atom is -0.462 e. The van der Waals surface area contributed by atoms with E-state index in [2.05, 4.69) is 0 Å². The van der Waals surface area contributed by atoms with Crippen molar-refractivity contribution in [1.82, 2.24) is 4.57 Å². The molecule has 2 aromatic carbocycles. The van der Waals surface area contributed by atoms with Gasteiger partial charge in [-0.2, -0.15) is 0 Å². The van der Waals surface area contributed by atoms with Gasteiger partial charge in [-0.15, -0.1) is 0 Å². The molecule has 1 aromatic heterocycles. The van der Waals surface area contributed by atoms with Crippen LogP contribution in [0, 0.1) is 0 Å². The number of esters is 1. The quantitative estimate of drug-likeness (QED) is 0.279. The fraction of sp³-hybridized carbons (Fsp3) is 0.143. The summed E-state index contributed by atoms with van der Waals surface area (Å²) in [6, 6.07) is 15.0. The zero-order valence-corrected chi connectivity index (χ0v) is 16.6. The lowest BCUT2D eigenvalue weighted by Gasteiger charge is -2.08. The van der Waals surface area contributed by atoms with Crippen LogP contribution < -0.4 is 5.73 Å². The van der Waals surface area contributed by atoms with Crippen molar-refractivity contribution in [2.24, 2.45) is 5.73 Å². The Morgan fingerprint density at radius 3 is 2.43 bits per heavy atom. The molecule has 0 aliphatic rings. The summed E-state index contributed by atoms with van der Waals surface area (Å²) in [7, 11) is 0. The van der Waals surface area contributed by atoms with Crippen LogP contribution in [0.4, 0.5) is 0 Å². The molecule has 0 radical (unpaired) electrons. The second kappa shape index (κ2) is 8.50. The standard InChI is InChI=1S/C21H18Cl2N2O3/c1-2-28-21(27)17(20(24)26)11-16-15-5-3-4-6-18(15)25(19(16)23)12-13-7-9-14(22)10-8-13/h3-11H,2,12H2,1H3,(H2,24,26). The number of benzene rings is 2. The van der Waals surface area contributed by atoms with Gasteiger partial charge in [0.15, 0.2) is 0 Å². The summed E-state index contributed by atoms with van der Waals surface area (Å²) in [6.07, 6.45) is 1.39. The normalized spacial score (nSPS) is 11.6. The van der Waals surface area contributed by atoms with Crippen molar-refractivity contribution in [3.8, 4) is 0 Å². The second-order valence-electron chi connectivity index (χ2n) is 6.08. The summed E-state index contributed by atoms with van der Waals surface area (Å²) in [6.45, 7) is 2.28. The third kappa shape index (κ3) is 4.06. The highest BCUT2D eigenvalue weighted by molar-refractivity contribution is 6.34. The Hall–Kier alpha value is -2.76. The molecule has 0 aliphatic heterocycles. The minimum absolute atomic E-state index is 0.134. The predicted molar refractivity (Wildman–Crippen MR) is 111 cm³/mol. The Morgan fingerprint density at radius 2 is 1.79 bits per heavy atom. The molecule has 3 aromatic rings. The summed E-state index contributed by atoms with van der Waals surface area (Å²) < 4.78 is 6.83. The van der Waals surface area contributed by atoms with Crippen molar-refractivity contribution in [2.45, 2.75) is 13.5 Å². The van der Waals surface area contributed by atoms with Gasteiger partial charge in [-0.05, 0) is 36.8 Å². The molecule has 0 saturated carbocycles. The fourth-order valence-electron chi connectivity index (χ4n) is 2.95. The van der Waals surface area contributed by atoms with E-state index in [1.807, 2.05) is 53.1 Å². The van der Waals surface area contributed by atoms with Crippen LogP contribution in [0.1, 0.15) is 18.1 Å². The maximum Gasteiger partial charge on any atom is 0.343 e. The molecule has 2 N–H and O–H groups in total. The number of hydrogen-bond acceptors (Lipinski definition) is 3. The number of aromatic nitrogens is 1. The second-order valence-corrected chi connectivity index (χ2v) is 6.87. The lowest BCUT2D eigenvalue weighted by Crippen LogP contribution is -2.22. The number of halogens is 2. The molecule has 0 spiro atoms. The van der Waals surface area contributed by atoms with E-state index in [9.17, 15) is 9.59 Å². The van der Waals surface area contributed by atoms with Crippen LogP contribution in [0.15, 0.2) is 54.1 Å². The average molecular weight is 417 g/mol. The SMILES string of the molecule is CCOC(=O)C(=Cc1c(Cl)n(Cc2ccc(Cl)cc2)c2ccccc12)C(N)=O. The van der Waals surface area contributed by atoms with Gasteiger partial charge in [0.1, 0.15) is 10.7 Å².